The molecule has 0 saturated carbocycles. The van der Waals surface area contributed by atoms with Gasteiger partial charge in [-0.05, 0) is 6.07 Å². The largest absolute Gasteiger partial charge is 0.545 e. The average Bonchev–Trinajstić information content (AvgIpc) is 1.94. The van der Waals surface area contributed by atoms with Gasteiger partial charge in [-0.1, -0.05) is 12.2 Å². The van der Waals surface area contributed by atoms with Gasteiger partial charge in [-0.2, -0.15) is 0 Å². The molecule has 0 saturated heterocycles. The highest BCUT2D eigenvalue weighted by atomic mass is 32.1. The van der Waals surface area contributed by atoms with Crippen molar-refractivity contribution in [3.05, 3.63) is 28.5 Å². The first-order valence-electron chi connectivity index (χ1n) is 2.99. The van der Waals surface area contributed by atoms with E-state index >= 15 is 0 Å². The van der Waals surface area contributed by atoms with Crippen LogP contribution in [0.15, 0.2) is 18.5 Å². The summed E-state index contributed by atoms with van der Waals surface area (Å²) in [7, 11) is 1.72. The maximum absolute atomic E-state index is 10.4. The molecule has 3 nitrogen and oxygen atoms in total. The molecule has 0 unspecified atom stereocenters. The van der Waals surface area contributed by atoms with Gasteiger partial charge < -0.3 is 14.5 Å². The van der Waals surface area contributed by atoms with Crippen LogP contribution in [-0.2, 0) is 7.05 Å². The van der Waals surface area contributed by atoms with Crippen LogP contribution in [0.3, 0.4) is 0 Å². The first kappa shape index (κ1) is 7.94. The summed E-state index contributed by atoms with van der Waals surface area (Å²) in [6, 6.07) is 1.56. The number of carboxylic acid groups (broad SMARTS) is 1. The molecule has 0 amide bonds. The molecule has 1 rings (SSSR count). The molecule has 1 aromatic heterocycles. The zero-order chi connectivity index (χ0) is 8.43. The third-order valence-electron chi connectivity index (χ3n) is 1.28. The van der Waals surface area contributed by atoms with Crippen LogP contribution in [0.4, 0.5) is 0 Å². The Labute approximate surface area is 68.9 Å². The predicted octanol–water partition coefficient (Wildman–Crippen LogP) is 0.118. The van der Waals surface area contributed by atoms with Gasteiger partial charge in [0.25, 0.3) is 0 Å². The van der Waals surface area contributed by atoms with Gasteiger partial charge >= 0.3 is 0 Å². The summed E-state index contributed by atoms with van der Waals surface area (Å²) >= 11 is 4.75. The molecule has 4 heteroatoms. The number of carboxylic acids is 1. The number of aryl methyl sites for hydroxylation is 1. The first-order valence-corrected chi connectivity index (χ1v) is 3.39. The van der Waals surface area contributed by atoms with E-state index in [4.69, 9.17) is 12.2 Å². The Hall–Kier alpha value is -1.16. The number of aromatic carboxylic acids is 1. The normalized spacial score (nSPS) is 9.55. The molecule has 0 aliphatic carbocycles. The van der Waals surface area contributed by atoms with Crippen molar-refractivity contribution in [1.82, 2.24) is 4.57 Å². The molecule has 0 fully saturated rings. The molecule has 0 spiro atoms. The molecule has 0 atom stereocenters. The zero-order valence-electron chi connectivity index (χ0n) is 5.90. The van der Waals surface area contributed by atoms with Crippen molar-refractivity contribution in [2.24, 2.45) is 7.05 Å². The summed E-state index contributed by atoms with van der Waals surface area (Å²) in [5.41, 5.74) is 0.0602. The van der Waals surface area contributed by atoms with E-state index < -0.39 is 5.97 Å². The van der Waals surface area contributed by atoms with E-state index in [0.717, 1.165) is 0 Å². The van der Waals surface area contributed by atoms with Gasteiger partial charge in [-0.3, -0.25) is 0 Å². The van der Waals surface area contributed by atoms with E-state index in [2.05, 4.69) is 0 Å². The summed E-state index contributed by atoms with van der Waals surface area (Å²) in [6.07, 6.45) is 3.12. The Kier molecular flexibility index (Phi) is 2.05. The van der Waals surface area contributed by atoms with Crippen molar-refractivity contribution in [2.45, 2.75) is 0 Å². The van der Waals surface area contributed by atoms with Crippen molar-refractivity contribution in [1.29, 1.82) is 0 Å². The van der Waals surface area contributed by atoms with Crippen LogP contribution in [0.2, 0.25) is 0 Å². The third kappa shape index (κ3) is 1.65. The fourth-order valence-corrected chi connectivity index (χ4v) is 0.936. The lowest BCUT2D eigenvalue weighted by molar-refractivity contribution is -0.255. The summed E-state index contributed by atoms with van der Waals surface area (Å²) in [5.74, 6) is -1.23. The molecule has 1 heterocycles. The van der Waals surface area contributed by atoms with Crippen LogP contribution >= 0.6 is 12.2 Å². The van der Waals surface area contributed by atoms with Gasteiger partial charge in [0.2, 0.25) is 0 Å². The Balaban J connectivity index is 3.35. The highest BCUT2D eigenvalue weighted by molar-refractivity contribution is 7.71. The molecule has 0 aliphatic heterocycles. The number of aromatic nitrogens is 1. The summed E-state index contributed by atoms with van der Waals surface area (Å²) in [5, 5.41) is 10.4. The number of pyridine rings is 1. The van der Waals surface area contributed by atoms with Gasteiger partial charge in [-0.25, -0.2) is 0 Å². The number of carbonyl (C=O) groups excluding carboxylic acids is 1. The number of hydrogen-bond acceptors (Lipinski definition) is 3. The number of hydrogen-bond donors (Lipinski definition) is 0. The third-order valence-corrected chi connectivity index (χ3v) is 1.64. The monoisotopic (exact) mass is 168 g/mol. The Morgan fingerprint density at radius 1 is 1.73 bits per heavy atom. The highest BCUT2D eigenvalue weighted by Crippen LogP contribution is 1.99. The van der Waals surface area contributed by atoms with Crippen LogP contribution in [0.5, 0.6) is 0 Å². The summed E-state index contributed by atoms with van der Waals surface area (Å²) in [6.45, 7) is 0. The van der Waals surface area contributed by atoms with E-state index in [9.17, 15) is 9.90 Å². The molecule has 0 radical (unpaired) electrons. The second-order valence-corrected chi connectivity index (χ2v) is 2.62. The lowest BCUT2D eigenvalue weighted by atomic mass is 10.3. The molecule has 0 aliphatic rings. The van der Waals surface area contributed by atoms with Gasteiger partial charge in [0.05, 0.1) is 5.97 Å². The maximum Gasteiger partial charge on any atom is 0.0744 e. The Morgan fingerprint density at radius 3 is 2.82 bits per heavy atom. The van der Waals surface area contributed by atoms with Crippen molar-refractivity contribution in [3.63, 3.8) is 0 Å². The lowest BCUT2D eigenvalue weighted by Gasteiger charge is -2.04. The fraction of sp³-hybridized carbons (Fsp3) is 0.143. The zero-order valence-corrected chi connectivity index (χ0v) is 6.72. The summed E-state index contributed by atoms with van der Waals surface area (Å²) < 4.78 is 1.92. The van der Waals surface area contributed by atoms with Crippen molar-refractivity contribution >= 4 is 18.2 Å². The van der Waals surface area contributed by atoms with Gasteiger partial charge in [0.1, 0.15) is 0 Å². The second-order valence-electron chi connectivity index (χ2n) is 2.18. The molecule has 0 N–H and O–H groups in total. The molecule has 58 valence electrons. The second kappa shape index (κ2) is 2.84. The van der Waals surface area contributed by atoms with Crippen molar-refractivity contribution in [2.75, 3.05) is 0 Å². The Bertz CT molecular complexity index is 343. The topological polar surface area (TPSA) is 45.1 Å². The molecular weight excluding hydrogens is 162 g/mol. The Morgan fingerprint density at radius 2 is 2.36 bits per heavy atom. The van der Waals surface area contributed by atoms with E-state index in [1.54, 1.807) is 23.9 Å². The molecular formula is C7H6NO2S-. The van der Waals surface area contributed by atoms with Crippen LogP contribution in [0.1, 0.15) is 10.4 Å². The molecule has 11 heavy (non-hydrogen) atoms. The van der Waals surface area contributed by atoms with E-state index in [0.29, 0.717) is 4.51 Å². The standard InChI is InChI=1S/C7H7NO2S/c1-8-3-2-6(11)5(4-8)7(9)10/h2-4H,1H3,(H,9,10)/p-1. The predicted molar refractivity (Wildman–Crippen MR) is 40.6 cm³/mol. The van der Waals surface area contributed by atoms with Crippen LogP contribution in [0.25, 0.3) is 0 Å². The van der Waals surface area contributed by atoms with Gasteiger partial charge in [0.15, 0.2) is 0 Å². The SMILES string of the molecule is Cn1ccc(=S)c(C(=O)[O-])c1. The minimum Gasteiger partial charge on any atom is -0.545 e. The summed E-state index contributed by atoms with van der Waals surface area (Å²) in [4.78, 5) is 10.4. The van der Waals surface area contributed by atoms with Gasteiger partial charge in [-0.15, -0.1) is 0 Å². The maximum atomic E-state index is 10.4. The molecule has 0 bridgehead atoms. The highest BCUT2D eigenvalue weighted by Gasteiger charge is 1.94. The number of rotatable bonds is 1. The first-order chi connectivity index (χ1) is 5.11. The van der Waals surface area contributed by atoms with Crippen LogP contribution in [0, 0.1) is 4.51 Å². The fourth-order valence-electron chi connectivity index (χ4n) is 0.739. The number of nitrogens with zero attached hydrogens (tertiary/aromatic N) is 1. The number of carbonyl (C=O) groups is 1. The van der Waals surface area contributed by atoms with E-state index in [-0.39, 0.29) is 5.56 Å². The average molecular weight is 168 g/mol. The van der Waals surface area contributed by atoms with Crippen molar-refractivity contribution in [3.8, 4) is 0 Å². The lowest BCUT2D eigenvalue weighted by Crippen LogP contribution is -2.23. The molecule has 1 aromatic rings. The smallest absolute Gasteiger partial charge is 0.0744 e. The van der Waals surface area contributed by atoms with Crippen molar-refractivity contribution < 1.29 is 9.90 Å². The van der Waals surface area contributed by atoms with E-state index in [1.807, 2.05) is 0 Å². The van der Waals surface area contributed by atoms with Gasteiger partial charge in [0, 0.05) is 29.5 Å². The quantitative estimate of drug-likeness (QED) is 0.559. The minimum absolute atomic E-state index is 0.0602. The van der Waals surface area contributed by atoms with E-state index in [1.165, 1.54) is 6.20 Å². The van der Waals surface area contributed by atoms with Crippen LogP contribution in [-0.4, -0.2) is 10.5 Å². The molecule has 0 aromatic carbocycles. The van der Waals surface area contributed by atoms with Crippen LogP contribution < -0.4 is 5.11 Å². The minimum atomic E-state index is -1.23.